The van der Waals surface area contributed by atoms with Crippen molar-refractivity contribution < 1.29 is 38.7 Å². The summed E-state index contributed by atoms with van der Waals surface area (Å²) in [6.07, 6.45) is 1.96. The lowest BCUT2D eigenvalue weighted by molar-refractivity contribution is -0.138. The van der Waals surface area contributed by atoms with Gasteiger partial charge in [-0.2, -0.15) is 0 Å². The molecule has 0 fully saturated rings. The van der Waals surface area contributed by atoms with Gasteiger partial charge in [-0.15, -0.1) is 0 Å². The molecule has 0 saturated carbocycles. The highest BCUT2D eigenvalue weighted by Gasteiger charge is 2.25. The number of nitrogens with one attached hydrogen (secondary N) is 6. The van der Waals surface area contributed by atoms with Gasteiger partial charge < -0.3 is 65.7 Å². The van der Waals surface area contributed by atoms with Crippen molar-refractivity contribution in [3.8, 4) is 0 Å². The van der Waals surface area contributed by atoms with Crippen LogP contribution in [0.25, 0.3) is 0 Å². The van der Waals surface area contributed by atoms with Gasteiger partial charge in [0.2, 0.25) is 35.4 Å². The zero-order valence-corrected chi connectivity index (χ0v) is 38.2. The van der Waals surface area contributed by atoms with Crippen molar-refractivity contribution in [2.75, 3.05) is 13.1 Å². The molecule has 0 saturated heterocycles. The molecule has 360 valence electrons. The number of aliphatic carboxylic acids is 1. The molecular formula is C43H75N13O8. The quantitative estimate of drug-likeness (QED) is 0.0247. The summed E-state index contributed by atoms with van der Waals surface area (Å²) in [4.78, 5) is 97.6. The maximum absolute atomic E-state index is 13.6. The normalized spacial score (nSPS) is 14.2. The van der Waals surface area contributed by atoms with E-state index in [1.807, 2.05) is 44.2 Å². The highest BCUT2D eigenvalue weighted by molar-refractivity contribution is 5.84. The first-order valence-corrected chi connectivity index (χ1v) is 22.0. The Balaban J connectivity index is 2.89. The fourth-order valence-corrected chi connectivity index (χ4v) is 7.02. The molecule has 0 spiro atoms. The second-order valence-corrected chi connectivity index (χ2v) is 17.0. The predicted molar refractivity (Wildman–Crippen MR) is 246 cm³/mol. The molecule has 7 atom stereocenters. The monoisotopic (exact) mass is 902 g/mol. The van der Waals surface area contributed by atoms with Gasteiger partial charge in [0.15, 0.2) is 11.9 Å². The van der Waals surface area contributed by atoms with Crippen LogP contribution in [0.5, 0.6) is 0 Å². The fraction of sp³-hybridized carbons (Fsp3) is 0.651. The molecule has 21 heteroatoms. The molecule has 0 unspecified atom stereocenters. The molecular weight excluding hydrogens is 827 g/mol. The molecule has 1 aromatic carbocycles. The molecule has 21 nitrogen and oxygen atoms in total. The van der Waals surface area contributed by atoms with E-state index in [9.17, 15) is 38.7 Å². The van der Waals surface area contributed by atoms with Gasteiger partial charge in [-0.25, -0.2) is 0 Å². The molecule has 0 radical (unpaired) electrons. The van der Waals surface area contributed by atoms with Crippen LogP contribution in [0.4, 0.5) is 0 Å². The fourth-order valence-electron chi connectivity index (χ4n) is 7.02. The average molecular weight is 902 g/mol. The van der Waals surface area contributed by atoms with Crippen LogP contribution in [-0.2, 0) is 40.0 Å². The summed E-state index contributed by atoms with van der Waals surface area (Å²) in [7, 11) is 0. The number of nitrogens with zero attached hydrogens (tertiary/aromatic N) is 2. The van der Waals surface area contributed by atoms with Crippen LogP contribution in [0.3, 0.4) is 0 Å². The van der Waals surface area contributed by atoms with E-state index in [1.54, 1.807) is 20.8 Å². The molecule has 0 heterocycles. The lowest BCUT2D eigenvalue weighted by Crippen LogP contribution is -2.47. The van der Waals surface area contributed by atoms with Crippen LogP contribution < -0.4 is 60.6 Å². The number of hydrogen-bond donors (Lipinski definition) is 12. The minimum absolute atomic E-state index is 0.0390. The van der Waals surface area contributed by atoms with Crippen molar-refractivity contribution >= 4 is 53.3 Å². The van der Waals surface area contributed by atoms with E-state index in [0.29, 0.717) is 45.1 Å². The van der Waals surface area contributed by atoms with E-state index in [1.165, 1.54) is 0 Å². The molecule has 0 aliphatic rings. The Bertz CT molecular complexity index is 1680. The lowest BCUT2D eigenvalue weighted by atomic mass is 9.98. The second kappa shape index (κ2) is 31.0. The number of rotatable bonds is 32. The second-order valence-electron chi connectivity index (χ2n) is 17.0. The van der Waals surface area contributed by atoms with Crippen LogP contribution in [0.1, 0.15) is 117 Å². The third-order valence-electron chi connectivity index (χ3n) is 9.57. The van der Waals surface area contributed by atoms with E-state index in [4.69, 9.17) is 28.7 Å². The minimum Gasteiger partial charge on any atom is -0.481 e. The van der Waals surface area contributed by atoms with Crippen molar-refractivity contribution in [3.05, 3.63) is 35.9 Å². The molecule has 6 amide bonds. The van der Waals surface area contributed by atoms with E-state index in [-0.39, 0.29) is 93.1 Å². The van der Waals surface area contributed by atoms with Gasteiger partial charge >= 0.3 is 5.97 Å². The van der Waals surface area contributed by atoms with Crippen LogP contribution >= 0.6 is 0 Å². The summed E-state index contributed by atoms with van der Waals surface area (Å²) in [6.45, 7) is 9.56. The van der Waals surface area contributed by atoms with Crippen LogP contribution in [-0.4, -0.2) is 114 Å². The number of amides is 6. The summed E-state index contributed by atoms with van der Waals surface area (Å²) in [5.74, 6) is -3.35. The van der Waals surface area contributed by atoms with Crippen LogP contribution in [0.2, 0.25) is 0 Å². The van der Waals surface area contributed by atoms with Gasteiger partial charge in [0.05, 0.1) is 6.42 Å². The Kier molecular flexibility index (Phi) is 27.1. The van der Waals surface area contributed by atoms with E-state index in [2.05, 4.69) is 41.9 Å². The molecule has 1 aromatic rings. The lowest BCUT2D eigenvalue weighted by Gasteiger charge is -2.25. The van der Waals surface area contributed by atoms with Crippen molar-refractivity contribution in [1.82, 2.24) is 31.9 Å². The number of carboxylic acid groups (broad SMARTS) is 1. The number of guanidine groups is 2. The number of carbonyl (C=O) groups excluding carboxylic acids is 6. The van der Waals surface area contributed by atoms with E-state index < -0.39 is 59.9 Å². The number of nitrogens with two attached hydrogens (primary N) is 5. The van der Waals surface area contributed by atoms with Crippen LogP contribution in [0, 0.1) is 5.92 Å². The van der Waals surface area contributed by atoms with Gasteiger partial charge in [0.1, 0.15) is 0 Å². The molecule has 0 bridgehead atoms. The first-order chi connectivity index (χ1) is 30.1. The average Bonchev–Trinajstić information content (AvgIpc) is 3.13. The predicted octanol–water partition coefficient (Wildman–Crippen LogP) is -0.507. The Morgan fingerprint density at radius 1 is 0.531 bits per heavy atom. The maximum Gasteiger partial charge on any atom is 0.305 e. The van der Waals surface area contributed by atoms with Gasteiger partial charge in [0, 0.05) is 93.9 Å². The van der Waals surface area contributed by atoms with Crippen molar-refractivity contribution in [1.29, 1.82) is 0 Å². The maximum atomic E-state index is 13.6. The van der Waals surface area contributed by atoms with E-state index in [0.717, 1.165) is 5.56 Å². The van der Waals surface area contributed by atoms with Crippen molar-refractivity contribution in [2.45, 2.75) is 160 Å². The molecule has 0 aromatic heterocycles. The number of benzene rings is 1. The Labute approximate surface area is 377 Å². The van der Waals surface area contributed by atoms with Gasteiger partial charge in [-0.3, -0.25) is 43.5 Å². The summed E-state index contributed by atoms with van der Waals surface area (Å²) in [5.41, 5.74) is 28.2. The molecule has 0 aliphatic heterocycles. The number of hydrogen-bond acceptors (Lipinski definition) is 10. The zero-order valence-electron chi connectivity index (χ0n) is 38.2. The molecule has 1 rings (SSSR count). The van der Waals surface area contributed by atoms with Gasteiger partial charge in [0.25, 0.3) is 0 Å². The molecule has 64 heavy (non-hydrogen) atoms. The number of aliphatic imine (C=N–C) groups is 2. The third kappa shape index (κ3) is 29.3. The number of carbonyl (C=O) groups is 7. The standard InChI is InChI=1S/C43H75N13O8/c1-26(2)17-33(55-39(61)22-31(13-9-15-49-42(45)46)53-35(57)18-27(3)44)23-40(62)56-34(21-30-11-7-6-8-12-30)24-38(60)52-28(4)19-36(58)51-29(5)20-37(59)54-32(25-41(63)64)14-10-16-50-43(47)48/h6-8,11-12,26-29,31-34H,9-10,13-25,44H2,1-5H3,(H,51,58)(H,52,60)(H,53,57)(H,54,59)(H,55,61)(H,56,62)(H,63,64)(H4,45,46,49)(H4,47,48,50)/t27-,28-,29-,31-,32-,33+,34-/m0/s1. The highest BCUT2D eigenvalue weighted by Crippen LogP contribution is 2.13. The Morgan fingerprint density at radius 3 is 1.39 bits per heavy atom. The SMILES string of the molecule is CC(C)C[C@H](CC(=O)N[C@H](CC(=O)N[C@@H](C)CC(=O)N[C@@H](C)CC(=O)N[C@@H](CCCN=C(N)N)CC(=O)O)Cc1ccccc1)NC(=O)C[C@H](CCCN=C(N)N)NC(=O)C[C@H](C)N. The van der Waals surface area contributed by atoms with Crippen molar-refractivity contribution in [3.63, 3.8) is 0 Å². The smallest absolute Gasteiger partial charge is 0.305 e. The Morgan fingerprint density at radius 2 is 0.922 bits per heavy atom. The summed E-state index contributed by atoms with van der Waals surface area (Å²) in [5, 5.41) is 26.4. The first-order valence-electron chi connectivity index (χ1n) is 22.0. The van der Waals surface area contributed by atoms with Crippen LogP contribution in [0.15, 0.2) is 40.3 Å². The summed E-state index contributed by atoms with van der Waals surface area (Å²) < 4.78 is 0. The summed E-state index contributed by atoms with van der Waals surface area (Å²) in [6, 6.07) is 5.44. The number of carboxylic acids is 1. The van der Waals surface area contributed by atoms with Gasteiger partial charge in [-0.1, -0.05) is 44.2 Å². The Hall–Kier alpha value is -5.99. The van der Waals surface area contributed by atoms with Crippen molar-refractivity contribution in [2.24, 2.45) is 44.6 Å². The largest absolute Gasteiger partial charge is 0.481 e. The minimum atomic E-state index is -1.08. The third-order valence-corrected chi connectivity index (χ3v) is 9.57. The van der Waals surface area contributed by atoms with E-state index >= 15 is 0 Å². The first kappa shape index (κ1) is 56.0. The summed E-state index contributed by atoms with van der Waals surface area (Å²) >= 11 is 0. The topological polar surface area (TPSA) is 367 Å². The highest BCUT2D eigenvalue weighted by atomic mass is 16.4. The molecule has 17 N–H and O–H groups in total. The van der Waals surface area contributed by atoms with Gasteiger partial charge in [-0.05, 0) is 70.8 Å². The zero-order chi connectivity index (χ0) is 48.2. The molecule has 0 aliphatic carbocycles.